The molecule has 0 aliphatic heterocycles. The first-order chi connectivity index (χ1) is 16.0. The summed E-state index contributed by atoms with van der Waals surface area (Å²) in [4.78, 5) is 17.4. The van der Waals surface area contributed by atoms with Gasteiger partial charge >= 0.3 is 0 Å². The van der Waals surface area contributed by atoms with Crippen molar-refractivity contribution in [1.82, 2.24) is 4.98 Å². The number of aromatic nitrogens is 1. The van der Waals surface area contributed by atoms with Crippen LogP contribution in [0.1, 0.15) is 21.6 Å². The van der Waals surface area contributed by atoms with Crippen LogP contribution in [0.5, 0.6) is 0 Å². The monoisotopic (exact) mass is 456 g/mol. The maximum absolute atomic E-state index is 13.1. The van der Waals surface area contributed by atoms with E-state index in [1.54, 1.807) is 6.07 Å². The molecule has 1 amide bonds. The lowest BCUT2D eigenvalue weighted by Crippen LogP contribution is -2.13. The first kappa shape index (κ1) is 22.4. The van der Waals surface area contributed by atoms with Crippen LogP contribution >= 0.6 is 11.6 Å². The van der Waals surface area contributed by atoms with Crippen molar-refractivity contribution in [2.75, 3.05) is 22.9 Å². The van der Waals surface area contributed by atoms with E-state index in [1.165, 1.54) is 0 Å². The Bertz CT molecular complexity index is 1250. The first-order valence-electron chi connectivity index (χ1n) is 10.7. The van der Waals surface area contributed by atoms with Crippen LogP contribution in [-0.4, -0.2) is 17.4 Å². The van der Waals surface area contributed by atoms with Crippen LogP contribution in [-0.2, 0) is 6.42 Å². The molecule has 0 aliphatic carbocycles. The van der Waals surface area contributed by atoms with E-state index in [4.69, 9.17) is 17.3 Å². The number of hydrogen-bond acceptors (Lipinski definition) is 4. The van der Waals surface area contributed by atoms with E-state index < -0.39 is 0 Å². The molecule has 5 nitrogen and oxygen atoms in total. The lowest BCUT2D eigenvalue weighted by atomic mass is 9.97. The quantitative estimate of drug-likeness (QED) is 0.309. The van der Waals surface area contributed by atoms with E-state index in [0.29, 0.717) is 16.4 Å². The molecule has 1 heterocycles. The van der Waals surface area contributed by atoms with Crippen molar-refractivity contribution in [3.8, 4) is 11.1 Å². The molecule has 0 saturated heterocycles. The number of carbonyl (C=O) groups excluding carboxylic acids is 1. The second-order valence-corrected chi connectivity index (χ2v) is 8.25. The zero-order chi connectivity index (χ0) is 23.2. The molecule has 3 aromatic carbocycles. The largest absolute Gasteiger partial charge is 0.385 e. The van der Waals surface area contributed by atoms with Gasteiger partial charge in [0.25, 0.3) is 5.91 Å². The Morgan fingerprint density at radius 1 is 0.939 bits per heavy atom. The van der Waals surface area contributed by atoms with Gasteiger partial charge in [-0.15, -0.1) is 0 Å². The summed E-state index contributed by atoms with van der Waals surface area (Å²) in [5.74, 6) is 0.373. The SMILES string of the molecule is Cc1ccc(-c2ccc(Cl)cc2)c(C(=O)Nc2ccc(NCCc3cccc(N)n3)cc2)c1. The average Bonchev–Trinajstić information content (AvgIpc) is 2.81. The number of anilines is 3. The third-order valence-electron chi connectivity index (χ3n) is 5.26. The molecule has 0 spiro atoms. The number of pyridine rings is 1. The fourth-order valence-corrected chi connectivity index (χ4v) is 3.70. The van der Waals surface area contributed by atoms with Crippen molar-refractivity contribution in [1.29, 1.82) is 0 Å². The van der Waals surface area contributed by atoms with Gasteiger partial charge in [0.15, 0.2) is 0 Å². The molecule has 0 aliphatic rings. The standard InChI is InChI=1S/C27H25ClN4O/c1-18-5-14-24(19-6-8-20(28)9-7-19)25(17-18)27(33)32-23-12-10-21(11-13-23)30-16-15-22-3-2-4-26(29)31-22/h2-14,17,30H,15-16H2,1H3,(H2,29,31)(H,32,33). The Kier molecular flexibility index (Phi) is 6.91. The highest BCUT2D eigenvalue weighted by Gasteiger charge is 2.14. The van der Waals surface area contributed by atoms with Crippen molar-refractivity contribution in [3.05, 3.63) is 107 Å². The minimum absolute atomic E-state index is 0.155. The van der Waals surface area contributed by atoms with Crippen LogP contribution in [0, 0.1) is 6.92 Å². The van der Waals surface area contributed by atoms with Crippen LogP contribution in [0.2, 0.25) is 5.02 Å². The molecule has 1 aromatic heterocycles. The van der Waals surface area contributed by atoms with Gasteiger partial charge in [0, 0.05) is 40.6 Å². The summed E-state index contributed by atoms with van der Waals surface area (Å²) in [5.41, 5.74) is 11.8. The Morgan fingerprint density at radius 3 is 2.39 bits per heavy atom. The molecule has 0 atom stereocenters. The van der Waals surface area contributed by atoms with Crippen molar-refractivity contribution >= 4 is 34.7 Å². The number of carbonyl (C=O) groups is 1. The summed E-state index contributed by atoms with van der Waals surface area (Å²) in [6.45, 7) is 2.71. The van der Waals surface area contributed by atoms with Gasteiger partial charge in [-0.2, -0.15) is 0 Å². The number of rotatable bonds is 7. The number of aryl methyl sites for hydroxylation is 1. The molecular formula is C27H25ClN4O. The molecule has 0 unspecified atom stereocenters. The fraction of sp³-hybridized carbons (Fsp3) is 0.111. The minimum Gasteiger partial charge on any atom is -0.385 e. The molecule has 4 aromatic rings. The normalized spacial score (nSPS) is 10.6. The highest BCUT2D eigenvalue weighted by molar-refractivity contribution is 6.30. The van der Waals surface area contributed by atoms with Crippen LogP contribution in [0.25, 0.3) is 11.1 Å². The molecule has 6 heteroatoms. The lowest BCUT2D eigenvalue weighted by Gasteiger charge is -2.13. The van der Waals surface area contributed by atoms with E-state index in [0.717, 1.165) is 46.7 Å². The van der Waals surface area contributed by atoms with Crippen LogP contribution < -0.4 is 16.4 Å². The molecular weight excluding hydrogens is 432 g/mol. The zero-order valence-electron chi connectivity index (χ0n) is 18.3. The Hall–Kier alpha value is -3.83. The lowest BCUT2D eigenvalue weighted by molar-refractivity contribution is 0.102. The molecule has 0 radical (unpaired) electrons. The number of nitrogens with one attached hydrogen (secondary N) is 2. The smallest absolute Gasteiger partial charge is 0.256 e. The van der Waals surface area contributed by atoms with E-state index in [9.17, 15) is 4.79 Å². The summed E-state index contributed by atoms with van der Waals surface area (Å²) in [5, 5.41) is 7.03. The Balaban J connectivity index is 1.41. The van der Waals surface area contributed by atoms with E-state index in [-0.39, 0.29) is 5.91 Å². The number of halogens is 1. The van der Waals surface area contributed by atoms with Crippen molar-refractivity contribution in [2.24, 2.45) is 0 Å². The molecule has 166 valence electrons. The van der Waals surface area contributed by atoms with Crippen molar-refractivity contribution in [3.63, 3.8) is 0 Å². The highest BCUT2D eigenvalue weighted by Crippen LogP contribution is 2.27. The minimum atomic E-state index is -0.155. The van der Waals surface area contributed by atoms with Gasteiger partial charge < -0.3 is 16.4 Å². The van der Waals surface area contributed by atoms with Gasteiger partial charge in [0.2, 0.25) is 0 Å². The average molecular weight is 457 g/mol. The summed E-state index contributed by atoms with van der Waals surface area (Å²) in [6.07, 6.45) is 0.768. The summed E-state index contributed by atoms with van der Waals surface area (Å²) >= 11 is 6.02. The predicted molar refractivity (Wildman–Crippen MR) is 137 cm³/mol. The van der Waals surface area contributed by atoms with Crippen molar-refractivity contribution in [2.45, 2.75) is 13.3 Å². The molecule has 4 N–H and O–H groups in total. The summed E-state index contributed by atoms with van der Waals surface area (Å²) in [7, 11) is 0. The van der Waals surface area contributed by atoms with Crippen LogP contribution in [0.15, 0.2) is 84.9 Å². The number of nitrogens with zero attached hydrogens (tertiary/aromatic N) is 1. The number of amides is 1. The van der Waals surface area contributed by atoms with Crippen molar-refractivity contribution < 1.29 is 4.79 Å². The van der Waals surface area contributed by atoms with Gasteiger partial charge in [0.05, 0.1) is 0 Å². The number of nitrogen functional groups attached to an aromatic ring is 1. The Morgan fingerprint density at radius 2 is 1.67 bits per heavy atom. The first-order valence-corrected chi connectivity index (χ1v) is 11.1. The molecule has 0 saturated carbocycles. The molecule has 0 bridgehead atoms. The summed E-state index contributed by atoms with van der Waals surface area (Å²) < 4.78 is 0. The summed E-state index contributed by atoms with van der Waals surface area (Å²) in [6, 6.07) is 26.7. The molecule has 0 fully saturated rings. The van der Waals surface area contributed by atoms with Gasteiger partial charge in [0.1, 0.15) is 5.82 Å². The van der Waals surface area contributed by atoms with Crippen LogP contribution in [0.3, 0.4) is 0 Å². The van der Waals surface area contributed by atoms with E-state index in [1.807, 2.05) is 85.8 Å². The fourth-order valence-electron chi connectivity index (χ4n) is 3.57. The zero-order valence-corrected chi connectivity index (χ0v) is 19.1. The van der Waals surface area contributed by atoms with Crippen LogP contribution in [0.4, 0.5) is 17.2 Å². The molecule has 4 rings (SSSR count). The third-order valence-corrected chi connectivity index (χ3v) is 5.51. The Labute approximate surface area is 198 Å². The maximum Gasteiger partial charge on any atom is 0.256 e. The van der Waals surface area contributed by atoms with Gasteiger partial charge in [-0.1, -0.05) is 47.5 Å². The van der Waals surface area contributed by atoms with E-state index >= 15 is 0 Å². The van der Waals surface area contributed by atoms with E-state index in [2.05, 4.69) is 15.6 Å². The predicted octanol–water partition coefficient (Wildman–Crippen LogP) is 6.20. The number of benzene rings is 3. The topological polar surface area (TPSA) is 80.0 Å². The second kappa shape index (κ2) is 10.2. The highest BCUT2D eigenvalue weighted by atomic mass is 35.5. The number of hydrogen-bond donors (Lipinski definition) is 3. The molecule has 33 heavy (non-hydrogen) atoms. The van der Waals surface area contributed by atoms with Gasteiger partial charge in [-0.05, 0) is 72.6 Å². The van der Waals surface area contributed by atoms with Gasteiger partial charge in [-0.3, -0.25) is 4.79 Å². The third kappa shape index (κ3) is 5.90. The maximum atomic E-state index is 13.1. The second-order valence-electron chi connectivity index (χ2n) is 7.82. The van der Waals surface area contributed by atoms with Gasteiger partial charge in [-0.25, -0.2) is 4.98 Å². The number of nitrogens with two attached hydrogens (primary N) is 1.